The number of nitrogens with one attached hydrogen (secondary N) is 2. The zero-order valence-electron chi connectivity index (χ0n) is 14.1. The maximum atomic E-state index is 12.5. The molecule has 0 unspecified atom stereocenters. The SMILES string of the molecule is Cc1ccc(S(=O)(=O)NCC(C)(C)c2c[nH]c3ccccc23)cc1. The second-order valence-corrected chi connectivity index (χ2v) is 8.54. The Morgan fingerprint density at radius 1 is 1.04 bits per heavy atom. The number of hydrogen-bond acceptors (Lipinski definition) is 2. The summed E-state index contributed by atoms with van der Waals surface area (Å²) < 4.78 is 27.8. The third-order valence-electron chi connectivity index (χ3n) is 4.35. The number of fused-ring (bicyclic) bond motifs is 1. The van der Waals surface area contributed by atoms with E-state index in [4.69, 9.17) is 0 Å². The van der Waals surface area contributed by atoms with E-state index in [0.29, 0.717) is 11.4 Å². The van der Waals surface area contributed by atoms with Gasteiger partial charge in [0.25, 0.3) is 0 Å². The molecule has 0 bridgehead atoms. The van der Waals surface area contributed by atoms with Gasteiger partial charge in [0.15, 0.2) is 0 Å². The molecule has 24 heavy (non-hydrogen) atoms. The minimum absolute atomic E-state index is 0.294. The fraction of sp³-hybridized carbons (Fsp3) is 0.263. The molecule has 0 saturated heterocycles. The summed E-state index contributed by atoms with van der Waals surface area (Å²) in [5.41, 5.74) is 2.86. The van der Waals surface area contributed by atoms with Gasteiger partial charge in [-0.25, -0.2) is 13.1 Å². The molecular weight excluding hydrogens is 320 g/mol. The van der Waals surface area contributed by atoms with Gasteiger partial charge in [-0.3, -0.25) is 0 Å². The van der Waals surface area contributed by atoms with Crippen molar-refractivity contribution in [3.05, 3.63) is 65.9 Å². The van der Waals surface area contributed by atoms with Gasteiger partial charge in [-0.05, 0) is 30.7 Å². The standard InChI is InChI=1S/C19H22N2O2S/c1-14-8-10-15(11-9-14)24(22,23)21-13-19(2,3)17-12-20-18-7-5-4-6-16(17)18/h4-12,20-21H,13H2,1-3H3. The summed E-state index contributed by atoms with van der Waals surface area (Å²) in [6, 6.07) is 14.9. The minimum Gasteiger partial charge on any atom is -0.361 e. The zero-order valence-corrected chi connectivity index (χ0v) is 14.9. The Morgan fingerprint density at radius 3 is 2.42 bits per heavy atom. The Labute approximate surface area is 143 Å². The molecule has 0 aliphatic carbocycles. The maximum absolute atomic E-state index is 12.5. The van der Waals surface area contributed by atoms with Crippen molar-refractivity contribution in [3.8, 4) is 0 Å². The molecule has 1 heterocycles. The van der Waals surface area contributed by atoms with E-state index in [1.54, 1.807) is 24.3 Å². The van der Waals surface area contributed by atoms with Gasteiger partial charge in [-0.2, -0.15) is 0 Å². The molecule has 0 radical (unpaired) electrons. The molecule has 0 aliphatic heterocycles. The second-order valence-electron chi connectivity index (χ2n) is 6.77. The highest BCUT2D eigenvalue weighted by Crippen LogP contribution is 2.30. The van der Waals surface area contributed by atoms with Crippen LogP contribution in [0.3, 0.4) is 0 Å². The van der Waals surface area contributed by atoms with Crippen LogP contribution in [-0.2, 0) is 15.4 Å². The Morgan fingerprint density at radius 2 is 1.71 bits per heavy atom. The molecule has 0 aliphatic rings. The average molecular weight is 342 g/mol. The molecule has 2 N–H and O–H groups in total. The van der Waals surface area contributed by atoms with Crippen LogP contribution in [0.15, 0.2) is 59.6 Å². The van der Waals surface area contributed by atoms with E-state index < -0.39 is 10.0 Å². The van der Waals surface area contributed by atoms with E-state index in [0.717, 1.165) is 22.0 Å². The lowest BCUT2D eigenvalue weighted by molar-refractivity contribution is 0.504. The molecule has 0 spiro atoms. The van der Waals surface area contributed by atoms with Gasteiger partial charge in [0, 0.05) is 29.1 Å². The van der Waals surface area contributed by atoms with Crippen LogP contribution in [-0.4, -0.2) is 19.9 Å². The van der Waals surface area contributed by atoms with Crippen LogP contribution >= 0.6 is 0 Å². The zero-order chi connectivity index (χ0) is 17.4. The number of H-pyrrole nitrogens is 1. The summed E-state index contributed by atoms with van der Waals surface area (Å²) in [7, 11) is -3.51. The first kappa shape index (κ1) is 16.7. The first-order chi connectivity index (χ1) is 11.3. The molecule has 3 aromatic rings. The highest BCUT2D eigenvalue weighted by atomic mass is 32.2. The van der Waals surface area contributed by atoms with Crippen molar-refractivity contribution in [2.75, 3.05) is 6.54 Å². The summed E-state index contributed by atoms with van der Waals surface area (Å²) in [6.45, 7) is 6.34. The predicted octanol–water partition coefficient (Wildman–Crippen LogP) is 3.73. The molecule has 0 amide bonds. The number of benzene rings is 2. The summed E-state index contributed by atoms with van der Waals surface area (Å²) in [4.78, 5) is 3.55. The molecule has 0 saturated carbocycles. The van der Waals surface area contributed by atoms with E-state index in [1.807, 2.05) is 45.2 Å². The molecule has 5 heteroatoms. The monoisotopic (exact) mass is 342 g/mol. The van der Waals surface area contributed by atoms with Crippen molar-refractivity contribution in [2.24, 2.45) is 0 Å². The number of sulfonamides is 1. The number of aromatic nitrogens is 1. The highest BCUT2D eigenvalue weighted by Gasteiger charge is 2.26. The van der Waals surface area contributed by atoms with Crippen molar-refractivity contribution in [1.29, 1.82) is 0 Å². The Balaban J connectivity index is 1.83. The quantitative estimate of drug-likeness (QED) is 0.742. The molecule has 3 rings (SSSR count). The van der Waals surface area contributed by atoms with Crippen LogP contribution in [0.4, 0.5) is 0 Å². The van der Waals surface area contributed by atoms with Crippen LogP contribution in [0.2, 0.25) is 0 Å². The number of para-hydroxylation sites is 1. The molecule has 4 nitrogen and oxygen atoms in total. The van der Waals surface area contributed by atoms with Crippen molar-refractivity contribution in [1.82, 2.24) is 9.71 Å². The summed E-state index contributed by atoms with van der Waals surface area (Å²) >= 11 is 0. The first-order valence-electron chi connectivity index (χ1n) is 7.92. The molecule has 1 aromatic heterocycles. The van der Waals surface area contributed by atoms with E-state index in [-0.39, 0.29) is 5.41 Å². The van der Waals surface area contributed by atoms with Crippen molar-refractivity contribution in [3.63, 3.8) is 0 Å². The van der Waals surface area contributed by atoms with Gasteiger partial charge in [0.1, 0.15) is 0 Å². The van der Waals surface area contributed by atoms with Crippen LogP contribution in [0.1, 0.15) is 25.0 Å². The second kappa shape index (κ2) is 6.07. The lowest BCUT2D eigenvalue weighted by Crippen LogP contribution is -2.36. The molecule has 126 valence electrons. The lowest BCUT2D eigenvalue weighted by atomic mass is 9.85. The van der Waals surface area contributed by atoms with E-state index in [2.05, 4.69) is 15.8 Å². The minimum atomic E-state index is -3.51. The smallest absolute Gasteiger partial charge is 0.240 e. The van der Waals surface area contributed by atoms with Gasteiger partial charge in [0.05, 0.1) is 4.90 Å². The third-order valence-corrected chi connectivity index (χ3v) is 5.77. The van der Waals surface area contributed by atoms with E-state index >= 15 is 0 Å². The van der Waals surface area contributed by atoms with Gasteiger partial charge < -0.3 is 4.98 Å². The first-order valence-corrected chi connectivity index (χ1v) is 9.41. The highest BCUT2D eigenvalue weighted by molar-refractivity contribution is 7.89. The normalized spacial score (nSPS) is 12.6. The number of aromatic amines is 1. The lowest BCUT2D eigenvalue weighted by Gasteiger charge is -2.25. The largest absolute Gasteiger partial charge is 0.361 e. The third kappa shape index (κ3) is 3.23. The van der Waals surface area contributed by atoms with Crippen LogP contribution in [0.5, 0.6) is 0 Å². The van der Waals surface area contributed by atoms with Gasteiger partial charge >= 0.3 is 0 Å². The summed E-state index contributed by atoms with van der Waals surface area (Å²) in [6.07, 6.45) is 1.96. The van der Waals surface area contributed by atoms with E-state index in [1.165, 1.54) is 0 Å². The van der Waals surface area contributed by atoms with Crippen molar-refractivity contribution >= 4 is 20.9 Å². The molecular formula is C19H22N2O2S. The number of hydrogen-bond donors (Lipinski definition) is 2. The Bertz CT molecular complexity index is 954. The molecule has 2 aromatic carbocycles. The van der Waals surface area contributed by atoms with E-state index in [9.17, 15) is 8.42 Å². The Hall–Kier alpha value is -2.11. The predicted molar refractivity (Wildman–Crippen MR) is 97.7 cm³/mol. The average Bonchev–Trinajstić information content (AvgIpc) is 2.99. The van der Waals surface area contributed by atoms with Gasteiger partial charge in [0.2, 0.25) is 10.0 Å². The fourth-order valence-electron chi connectivity index (χ4n) is 2.80. The molecule has 0 fully saturated rings. The Kier molecular flexibility index (Phi) is 4.24. The topological polar surface area (TPSA) is 62.0 Å². The molecule has 0 atom stereocenters. The summed E-state index contributed by atoms with van der Waals surface area (Å²) in [5, 5.41) is 1.12. The maximum Gasteiger partial charge on any atom is 0.240 e. The van der Waals surface area contributed by atoms with Crippen LogP contribution < -0.4 is 4.72 Å². The summed E-state index contributed by atoms with van der Waals surface area (Å²) in [5.74, 6) is 0. The van der Waals surface area contributed by atoms with Crippen LogP contribution in [0, 0.1) is 6.92 Å². The number of rotatable bonds is 5. The van der Waals surface area contributed by atoms with Crippen LogP contribution in [0.25, 0.3) is 10.9 Å². The fourth-order valence-corrected chi connectivity index (χ4v) is 4.01. The van der Waals surface area contributed by atoms with Gasteiger partial charge in [-0.15, -0.1) is 0 Å². The number of aryl methyl sites for hydroxylation is 1. The van der Waals surface area contributed by atoms with Gasteiger partial charge in [-0.1, -0.05) is 49.7 Å². The van der Waals surface area contributed by atoms with Crippen molar-refractivity contribution in [2.45, 2.75) is 31.1 Å². The van der Waals surface area contributed by atoms with Crippen molar-refractivity contribution < 1.29 is 8.42 Å².